The van der Waals surface area contributed by atoms with Gasteiger partial charge in [-0.2, -0.15) is 0 Å². The SMILES string of the molecule is COCCNC(=O)NC(=O)CSc1nnc(N2CC(C)CC(C)C2)n1Cc1ccco1. The Balaban J connectivity index is 1.67. The molecule has 3 heterocycles. The lowest BCUT2D eigenvalue weighted by molar-refractivity contribution is -0.117. The molecular formula is C20H30N6O4S. The molecule has 3 rings (SSSR count). The van der Waals surface area contributed by atoms with E-state index in [4.69, 9.17) is 9.15 Å². The summed E-state index contributed by atoms with van der Waals surface area (Å²) >= 11 is 1.24. The molecule has 2 aromatic heterocycles. The smallest absolute Gasteiger partial charge is 0.321 e. The van der Waals surface area contributed by atoms with Crippen LogP contribution in [0, 0.1) is 11.8 Å². The van der Waals surface area contributed by atoms with Gasteiger partial charge in [-0.3, -0.25) is 14.7 Å². The zero-order chi connectivity index (χ0) is 22.2. The van der Waals surface area contributed by atoms with Crippen molar-refractivity contribution in [1.29, 1.82) is 0 Å². The number of hydrogen-bond donors (Lipinski definition) is 2. The Morgan fingerprint density at radius 3 is 2.74 bits per heavy atom. The molecule has 1 saturated heterocycles. The van der Waals surface area contributed by atoms with Crippen LogP contribution in [-0.4, -0.2) is 65.8 Å². The number of aromatic nitrogens is 3. The number of hydrogen-bond acceptors (Lipinski definition) is 8. The van der Waals surface area contributed by atoms with Gasteiger partial charge in [-0.25, -0.2) is 4.79 Å². The van der Waals surface area contributed by atoms with Crippen molar-refractivity contribution in [1.82, 2.24) is 25.4 Å². The van der Waals surface area contributed by atoms with Crippen LogP contribution >= 0.6 is 11.8 Å². The van der Waals surface area contributed by atoms with Gasteiger partial charge in [0.05, 0.1) is 25.2 Å². The molecule has 1 fully saturated rings. The molecule has 10 nitrogen and oxygen atoms in total. The minimum absolute atomic E-state index is 0.0425. The van der Waals surface area contributed by atoms with E-state index in [1.165, 1.54) is 18.2 Å². The third-order valence-corrected chi connectivity index (χ3v) is 5.89. The molecule has 0 saturated carbocycles. The predicted molar refractivity (Wildman–Crippen MR) is 117 cm³/mol. The quantitative estimate of drug-likeness (QED) is 0.440. The second-order valence-electron chi connectivity index (χ2n) is 7.88. The molecule has 0 aliphatic carbocycles. The van der Waals surface area contributed by atoms with E-state index in [1.54, 1.807) is 13.4 Å². The third kappa shape index (κ3) is 6.73. The van der Waals surface area contributed by atoms with Crippen LogP contribution < -0.4 is 15.5 Å². The minimum atomic E-state index is -0.545. The van der Waals surface area contributed by atoms with Crippen LogP contribution in [0.1, 0.15) is 26.0 Å². The number of carbonyl (C=O) groups excluding carboxylic acids is 2. The van der Waals surface area contributed by atoms with Crippen molar-refractivity contribution < 1.29 is 18.7 Å². The summed E-state index contributed by atoms with van der Waals surface area (Å²) in [7, 11) is 1.54. The number of urea groups is 1. The van der Waals surface area contributed by atoms with Gasteiger partial charge in [-0.1, -0.05) is 25.6 Å². The number of amides is 3. The molecular weight excluding hydrogens is 420 g/mol. The van der Waals surface area contributed by atoms with Crippen LogP contribution in [0.4, 0.5) is 10.7 Å². The topological polar surface area (TPSA) is 115 Å². The number of anilines is 1. The second kappa shape index (κ2) is 11.2. The van der Waals surface area contributed by atoms with Gasteiger partial charge < -0.3 is 19.4 Å². The zero-order valence-electron chi connectivity index (χ0n) is 18.2. The first kappa shape index (κ1) is 23.1. The first-order valence-corrected chi connectivity index (χ1v) is 11.3. The number of piperidine rings is 1. The van der Waals surface area contributed by atoms with Gasteiger partial charge in [-0.15, -0.1) is 10.2 Å². The molecule has 1 aliphatic rings. The highest BCUT2D eigenvalue weighted by Crippen LogP contribution is 2.28. The molecule has 2 atom stereocenters. The summed E-state index contributed by atoms with van der Waals surface area (Å²) in [6.45, 7) is 7.48. The van der Waals surface area contributed by atoms with E-state index < -0.39 is 11.9 Å². The maximum absolute atomic E-state index is 12.2. The summed E-state index contributed by atoms with van der Waals surface area (Å²) < 4.78 is 12.4. The number of carbonyl (C=O) groups is 2. The predicted octanol–water partition coefficient (Wildman–Crippen LogP) is 1.97. The average Bonchev–Trinajstić information content (AvgIpc) is 3.36. The fourth-order valence-corrected chi connectivity index (χ4v) is 4.48. The Kier molecular flexibility index (Phi) is 8.35. The summed E-state index contributed by atoms with van der Waals surface area (Å²) in [6.07, 6.45) is 2.82. The Hall–Kier alpha value is -2.53. The van der Waals surface area contributed by atoms with E-state index in [-0.39, 0.29) is 5.75 Å². The van der Waals surface area contributed by atoms with Crippen LogP contribution in [0.2, 0.25) is 0 Å². The Morgan fingerprint density at radius 2 is 2.06 bits per heavy atom. The molecule has 1 aliphatic heterocycles. The highest BCUT2D eigenvalue weighted by molar-refractivity contribution is 7.99. The summed E-state index contributed by atoms with van der Waals surface area (Å²) in [5, 5.41) is 14.2. The van der Waals surface area contributed by atoms with Crippen LogP contribution in [0.25, 0.3) is 0 Å². The van der Waals surface area contributed by atoms with Gasteiger partial charge >= 0.3 is 6.03 Å². The molecule has 3 amide bonds. The highest BCUT2D eigenvalue weighted by atomic mass is 32.2. The molecule has 0 aromatic carbocycles. The summed E-state index contributed by atoms with van der Waals surface area (Å²) in [5.41, 5.74) is 0. The average molecular weight is 451 g/mol. The van der Waals surface area contributed by atoms with Crippen molar-refractivity contribution in [3.05, 3.63) is 24.2 Å². The standard InChI is InChI=1S/C20H30N6O4S/c1-14-9-15(2)11-25(10-14)19-23-24-20(26(19)12-16-5-4-7-30-16)31-13-17(27)22-18(28)21-6-8-29-3/h4-5,7,14-15H,6,8-13H2,1-3H3,(H2,21,22,27,28). The van der Waals surface area contributed by atoms with Crippen LogP contribution in [0.3, 0.4) is 0 Å². The minimum Gasteiger partial charge on any atom is -0.467 e. The van der Waals surface area contributed by atoms with Crippen molar-refractivity contribution in [2.75, 3.05) is 44.0 Å². The lowest BCUT2D eigenvalue weighted by atomic mass is 9.92. The summed E-state index contributed by atoms with van der Waals surface area (Å²) in [6, 6.07) is 3.19. The van der Waals surface area contributed by atoms with Gasteiger partial charge in [0.25, 0.3) is 0 Å². The Morgan fingerprint density at radius 1 is 1.29 bits per heavy atom. The molecule has 0 spiro atoms. The van der Waals surface area contributed by atoms with E-state index in [0.29, 0.717) is 36.7 Å². The number of furan rings is 1. The number of nitrogens with zero attached hydrogens (tertiary/aromatic N) is 4. The van der Waals surface area contributed by atoms with Crippen LogP contribution in [0.5, 0.6) is 0 Å². The van der Waals surface area contributed by atoms with Crippen molar-refractivity contribution in [2.24, 2.45) is 11.8 Å². The molecule has 0 radical (unpaired) electrons. The molecule has 2 N–H and O–H groups in total. The first-order valence-electron chi connectivity index (χ1n) is 10.4. The molecule has 11 heteroatoms. The van der Waals surface area contributed by atoms with E-state index in [1.807, 2.05) is 16.7 Å². The van der Waals surface area contributed by atoms with Gasteiger partial charge in [0.15, 0.2) is 5.16 Å². The van der Waals surface area contributed by atoms with Gasteiger partial charge in [0.1, 0.15) is 5.76 Å². The molecule has 31 heavy (non-hydrogen) atoms. The number of methoxy groups -OCH3 is 1. The number of rotatable bonds is 9. The summed E-state index contributed by atoms with van der Waals surface area (Å²) in [4.78, 5) is 26.2. The van der Waals surface area contributed by atoms with Gasteiger partial charge in [0.2, 0.25) is 11.9 Å². The van der Waals surface area contributed by atoms with Crippen LogP contribution in [-0.2, 0) is 16.1 Å². The molecule has 170 valence electrons. The second-order valence-corrected chi connectivity index (χ2v) is 8.83. The number of ether oxygens (including phenoxy) is 1. The first-order chi connectivity index (χ1) is 15.0. The Bertz CT molecular complexity index is 846. The van der Waals surface area contributed by atoms with Crippen LogP contribution in [0.15, 0.2) is 28.0 Å². The lowest BCUT2D eigenvalue weighted by Crippen LogP contribution is -2.41. The number of thioether (sulfide) groups is 1. The van der Waals surface area contributed by atoms with Crippen molar-refractivity contribution >= 4 is 29.6 Å². The molecule has 0 bridgehead atoms. The largest absolute Gasteiger partial charge is 0.467 e. The normalized spacial score (nSPS) is 18.7. The van der Waals surface area contributed by atoms with Crippen molar-refractivity contribution in [3.8, 4) is 0 Å². The van der Waals surface area contributed by atoms with Gasteiger partial charge in [0, 0.05) is 26.7 Å². The van der Waals surface area contributed by atoms with Gasteiger partial charge in [-0.05, 0) is 30.4 Å². The van der Waals surface area contributed by atoms with E-state index in [2.05, 4.69) is 39.6 Å². The molecule has 2 unspecified atom stereocenters. The maximum atomic E-state index is 12.2. The highest BCUT2D eigenvalue weighted by Gasteiger charge is 2.27. The lowest BCUT2D eigenvalue weighted by Gasteiger charge is -2.35. The van der Waals surface area contributed by atoms with Crippen molar-refractivity contribution in [3.63, 3.8) is 0 Å². The van der Waals surface area contributed by atoms with E-state index >= 15 is 0 Å². The number of nitrogens with one attached hydrogen (secondary N) is 2. The Labute approximate surface area is 186 Å². The fourth-order valence-electron chi connectivity index (χ4n) is 3.75. The van der Waals surface area contributed by atoms with E-state index in [9.17, 15) is 9.59 Å². The fraction of sp³-hybridized carbons (Fsp3) is 0.600. The monoisotopic (exact) mass is 450 g/mol. The zero-order valence-corrected chi connectivity index (χ0v) is 19.0. The molecule has 2 aromatic rings. The number of imide groups is 1. The van der Waals surface area contributed by atoms with E-state index in [0.717, 1.165) is 24.8 Å². The summed E-state index contributed by atoms with van der Waals surface area (Å²) in [5.74, 6) is 2.32. The van der Waals surface area contributed by atoms with Crippen molar-refractivity contribution in [2.45, 2.75) is 32.0 Å². The maximum Gasteiger partial charge on any atom is 0.321 e. The third-order valence-electron chi connectivity index (χ3n) is 4.92.